The number of rotatable bonds is 6. The number of nitrogens with zero attached hydrogens (tertiary/aromatic N) is 1. The first-order valence-corrected chi connectivity index (χ1v) is 6.74. The second-order valence-electron chi connectivity index (χ2n) is 5.92. The Balaban J connectivity index is 2.44. The Morgan fingerprint density at radius 2 is 2.10 bits per heavy atom. The third-order valence-electron chi connectivity index (χ3n) is 2.90. The van der Waals surface area contributed by atoms with Gasteiger partial charge in [0.15, 0.2) is 0 Å². The van der Waals surface area contributed by atoms with Gasteiger partial charge in [0.25, 0.3) is 0 Å². The average molecular weight is 279 g/mol. The summed E-state index contributed by atoms with van der Waals surface area (Å²) in [6, 6.07) is 5.40. The van der Waals surface area contributed by atoms with Crippen LogP contribution in [0, 0.1) is 6.92 Å². The Bertz CT molecular complexity index is 467. The van der Waals surface area contributed by atoms with Crippen molar-refractivity contribution in [1.82, 2.24) is 4.90 Å². The number of nitrogens with one attached hydrogen (secondary N) is 1. The van der Waals surface area contributed by atoms with Crippen molar-refractivity contribution >= 4 is 17.3 Å². The summed E-state index contributed by atoms with van der Waals surface area (Å²) < 4.78 is 0. The van der Waals surface area contributed by atoms with E-state index in [-0.39, 0.29) is 5.91 Å². The van der Waals surface area contributed by atoms with E-state index in [4.69, 9.17) is 5.73 Å². The number of hydrogen-bond acceptors (Lipinski definition) is 4. The van der Waals surface area contributed by atoms with E-state index in [1.165, 1.54) is 0 Å². The molecule has 4 N–H and O–H groups in total. The summed E-state index contributed by atoms with van der Waals surface area (Å²) in [6.07, 6.45) is 0.385. The van der Waals surface area contributed by atoms with Gasteiger partial charge >= 0.3 is 0 Å². The van der Waals surface area contributed by atoms with E-state index in [1.807, 2.05) is 31.0 Å². The highest BCUT2D eigenvalue weighted by atomic mass is 16.3. The normalized spacial score (nSPS) is 11.7. The van der Waals surface area contributed by atoms with Gasteiger partial charge in [0.2, 0.25) is 5.91 Å². The van der Waals surface area contributed by atoms with Crippen LogP contribution in [0.15, 0.2) is 18.2 Å². The van der Waals surface area contributed by atoms with Gasteiger partial charge in [-0.25, -0.2) is 0 Å². The number of aryl methyl sites for hydroxylation is 1. The molecule has 0 aliphatic heterocycles. The van der Waals surface area contributed by atoms with Crippen LogP contribution in [0.5, 0.6) is 0 Å². The number of likely N-dealkylation sites (N-methyl/N-ethyl adjacent to an activating group) is 1. The molecule has 1 aromatic carbocycles. The van der Waals surface area contributed by atoms with Crippen LogP contribution in [-0.2, 0) is 4.79 Å². The summed E-state index contributed by atoms with van der Waals surface area (Å²) in [5.74, 6) is -0.0412. The monoisotopic (exact) mass is 279 g/mol. The molecule has 1 amide bonds. The Kier molecular flexibility index (Phi) is 5.53. The highest BCUT2D eigenvalue weighted by Gasteiger charge is 2.16. The van der Waals surface area contributed by atoms with Crippen molar-refractivity contribution in [2.75, 3.05) is 31.2 Å². The van der Waals surface area contributed by atoms with E-state index in [0.29, 0.717) is 25.2 Å². The highest BCUT2D eigenvalue weighted by molar-refractivity contribution is 5.91. The van der Waals surface area contributed by atoms with Gasteiger partial charge in [0.05, 0.1) is 5.60 Å². The van der Waals surface area contributed by atoms with Crippen LogP contribution in [0.2, 0.25) is 0 Å². The highest BCUT2D eigenvalue weighted by Crippen LogP contribution is 2.17. The lowest BCUT2D eigenvalue weighted by Gasteiger charge is -2.25. The number of nitrogens with two attached hydrogens (primary N) is 1. The van der Waals surface area contributed by atoms with E-state index in [0.717, 1.165) is 11.3 Å². The minimum atomic E-state index is -0.751. The molecule has 0 saturated heterocycles. The first-order valence-electron chi connectivity index (χ1n) is 6.74. The lowest BCUT2D eigenvalue weighted by Crippen LogP contribution is -2.37. The van der Waals surface area contributed by atoms with Gasteiger partial charge in [-0.05, 0) is 51.6 Å². The second-order valence-corrected chi connectivity index (χ2v) is 5.92. The molecule has 0 bridgehead atoms. The Hall–Kier alpha value is -1.59. The number of carbonyl (C=O) groups is 1. The molecular weight excluding hydrogens is 254 g/mol. The van der Waals surface area contributed by atoms with E-state index in [2.05, 4.69) is 5.32 Å². The fourth-order valence-corrected chi connectivity index (χ4v) is 2.07. The number of benzene rings is 1. The maximum atomic E-state index is 11.9. The van der Waals surface area contributed by atoms with Crippen molar-refractivity contribution in [1.29, 1.82) is 0 Å². The third-order valence-corrected chi connectivity index (χ3v) is 2.90. The summed E-state index contributed by atoms with van der Waals surface area (Å²) >= 11 is 0. The summed E-state index contributed by atoms with van der Waals surface area (Å²) in [7, 11) is 1.89. The van der Waals surface area contributed by atoms with E-state index < -0.39 is 5.60 Å². The van der Waals surface area contributed by atoms with Gasteiger partial charge in [-0.1, -0.05) is 0 Å². The van der Waals surface area contributed by atoms with Gasteiger partial charge in [-0.15, -0.1) is 0 Å². The predicted octanol–water partition coefficient (Wildman–Crippen LogP) is 1.61. The Morgan fingerprint density at radius 1 is 1.45 bits per heavy atom. The van der Waals surface area contributed by atoms with Crippen molar-refractivity contribution in [3.63, 3.8) is 0 Å². The van der Waals surface area contributed by atoms with Gasteiger partial charge in [-0.2, -0.15) is 0 Å². The van der Waals surface area contributed by atoms with Crippen molar-refractivity contribution in [3.8, 4) is 0 Å². The second kappa shape index (κ2) is 6.72. The van der Waals surface area contributed by atoms with Crippen LogP contribution >= 0.6 is 0 Å². The SMILES string of the molecule is Cc1cc(N)ccc1NC(=O)CCN(C)CC(C)(C)O. The van der Waals surface area contributed by atoms with Crippen molar-refractivity contribution in [2.24, 2.45) is 0 Å². The van der Waals surface area contributed by atoms with Crippen molar-refractivity contribution in [3.05, 3.63) is 23.8 Å². The van der Waals surface area contributed by atoms with Crippen LogP contribution in [0.4, 0.5) is 11.4 Å². The zero-order valence-corrected chi connectivity index (χ0v) is 12.7. The number of nitrogen functional groups attached to an aromatic ring is 1. The third kappa shape index (κ3) is 6.04. The number of carbonyl (C=O) groups excluding carboxylic acids is 1. The molecule has 0 saturated carbocycles. The van der Waals surface area contributed by atoms with E-state index >= 15 is 0 Å². The fraction of sp³-hybridized carbons (Fsp3) is 0.533. The molecule has 0 aliphatic rings. The maximum absolute atomic E-state index is 11.9. The van der Waals surface area contributed by atoms with Gasteiger partial charge in [0, 0.05) is 30.9 Å². The van der Waals surface area contributed by atoms with Gasteiger partial charge in [-0.3, -0.25) is 4.79 Å². The smallest absolute Gasteiger partial charge is 0.225 e. The molecule has 0 fully saturated rings. The average Bonchev–Trinajstić information content (AvgIpc) is 2.28. The minimum absolute atomic E-state index is 0.0412. The zero-order chi connectivity index (χ0) is 15.3. The molecule has 0 aromatic heterocycles. The summed E-state index contributed by atoms with van der Waals surface area (Å²) in [5, 5.41) is 12.6. The zero-order valence-electron chi connectivity index (χ0n) is 12.7. The Labute approximate surface area is 120 Å². The summed E-state index contributed by atoms with van der Waals surface area (Å²) in [4.78, 5) is 13.8. The fourth-order valence-electron chi connectivity index (χ4n) is 2.07. The van der Waals surface area contributed by atoms with Crippen LogP contribution in [-0.4, -0.2) is 41.7 Å². The minimum Gasteiger partial charge on any atom is -0.399 e. The molecule has 0 atom stereocenters. The van der Waals surface area contributed by atoms with Crippen LogP contribution in [0.3, 0.4) is 0 Å². The Morgan fingerprint density at radius 3 is 2.65 bits per heavy atom. The molecule has 0 unspecified atom stereocenters. The van der Waals surface area contributed by atoms with Crippen LogP contribution in [0.1, 0.15) is 25.8 Å². The number of aliphatic hydroxyl groups is 1. The maximum Gasteiger partial charge on any atom is 0.225 e. The van der Waals surface area contributed by atoms with Crippen LogP contribution < -0.4 is 11.1 Å². The molecule has 112 valence electrons. The molecular formula is C15H25N3O2. The molecule has 0 heterocycles. The van der Waals surface area contributed by atoms with Crippen molar-refractivity contribution < 1.29 is 9.90 Å². The molecule has 20 heavy (non-hydrogen) atoms. The number of anilines is 2. The molecule has 0 aliphatic carbocycles. The van der Waals surface area contributed by atoms with Crippen molar-refractivity contribution in [2.45, 2.75) is 32.8 Å². The van der Waals surface area contributed by atoms with Gasteiger partial charge < -0.3 is 21.1 Å². The van der Waals surface area contributed by atoms with Gasteiger partial charge in [0.1, 0.15) is 0 Å². The van der Waals surface area contributed by atoms with E-state index in [1.54, 1.807) is 19.9 Å². The summed E-state index contributed by atoms with van der Waals surface area (Å²) in [6.45, 7) is 6.54. The summed E-state index contributed by atoms with van der Waals surface area (Å²) in [5.41, 5.74) is 7.34. The number of hydrogen-bond donors (Lipinski definition) is 3. The molecule has 0 spiro atoms. The molecule has 5 nitrogen and oxygen atoms in total. The topological polar surface area (TPSA) is 78.6 Å². The molecule has 0 radical (unpaired) electrons. The quantitative estimate of drug-likeness (QED) is 0.691. The molecule has 1 rings (SSSR count). The standard InChI is InChI=1S/C15H25N3O2/c1-11-9-12(16)5-6-13(11)17-14(19)7-8-18(4)10-15(2,3)20/h5-6,9,20H,7-8,10,16H2,1-4H3,(H,17,19). The largest absolute Gasteiger partial charge is 0.399 e. The molecule has 5 heteroatoms. The lowest BCUT2D eigenvalue weighted by atomic mass is 10.1. The lowest BCUT2D eigenvalue weighted by molar-refractivity contribution is -0.116. The first-order chi connectivity index (χ1) is 9.17. The van der Waals surface area contributed by atoms with E-state index in [9.17, 15) is 9.90 Å². The first kappa shape index (κ1) is 16.5. The predicted molar refractivity (Wildman–Crippen MR) is 82.6 cm³/mol. The molecule has 1 aromatic rings. The number of amides is 1. The van der Waals surface area contributed by atoms with Crippen LogP contribution in [0.25, 0.3) is 0 Å².